The highest BCUT2D eigenvalue weighted by Crippen LogP contribution is 2.18. The second kappa shape index (κ2) is 5.01. The van der Waals surface area contributed by atoms with Gasteiger partial charge >= 0.3 is 5.97 Å². The summed E-state index contributed by atoms with van der Waals surface area (Å²) in [5.41, 5.74) is -0.00741. The molecular weight excluding hydrogens is 221 g/mol. The van der Waals surface area contributed by atoms with Gasteiger partial charge in [-0.25, -0.2) is 13.2 Å². The van der Waals surface area contributed by atoms with Crippen molar-refractivity contribution in [3.63, 3.8) is 0 Å². The van der Waals surface area contributed by atoms with Gasteiger partial charge in [0.1, 0.15) is 0 Å². The van der Waals surface area contributed by atoms with Crippen molar-refractivity contribution in [2.24, 2.45) is 5.92 Å². The number of halogens is 3. The van der Waals surface area contributed by atoms with Gasteiger partial charge in [0, 0.05) is 0 Å². The summed E-state index contributed by atoms with van der Waals surface area (Å²) in [6, 6.07) is 1.96. The van der Waals surface area contributed by atoms with E-state index in [1.807, 2.05) is 0 Å². The molecule has 88 valence electrons. The third-order valence-corrected chi connectivity index (χ3v) is 2.38. The molecule has 0 radical (unpaired) electrons. The number of carboxylic acids is 1. The highest BCUT2D eigenvalue weighted by atomic mass is 19.2. The van der Waals surface area contributed by atoms with Gasteiger partial charge in [0.05, 0.1) is 5.92 Å². The van der Waals surface area contributed by atoms with Crippen molar-refractivity contribution in [1.29, 1.82) is 0 Å². The third kappa shape index (κ3) is 2.74. The Morgan fingerprint density at radius 1 is 1.31 bits per heavy atom. The summed E-state index contributed by atoms with van der Waals surface area (Å²) in [6.07, 6.45) is 0.244. The van der Waals surface area contributed by atoms with Crippen molar-refractivity contribution < 1.29 is 23.1 Å². The minimum absolute atomic E-state index is 0.00741. The Morgan fingerprint density at radius 2 is 1.94 bits per heavy atom. The number of aliphatic carboxylic acids is 1. The van der Waals surface area contributed by atoms with E-state index in [-0.39, 0.29) is 18.4 Å². The molecule has 1 N–H and O–H groups in total. The fourth-order valence-corrected chi connectivity index (χ4v) is 1.25. The summed E-state index contributed by atoms with van der Waals surface area (Å²) in [5, 5.41) is 8.60. The van der Waals surface area contributed by atoms with E-state index in [4.69, 9.17) is 5.11 Å². The van der Waals surface area contributed by atoms with E-state index in [0.29, 0.717) is 0 Å². The van der Waals surface area contributed by atoms with Crippen LogP contribution in [0.5, 0.6) is 0 Å². The van der Waals surface area contributed by atoms with Gasteiger partial charge in [-0.1, -0.05) is 13.0 Å². The van der Waals surface area contributed by atoms with Crippen LogP contribution in [-0.4, -0.2) is 11.1 Å². The van der Waals surface area contributed by atoms with Gasteiger partial charge in [-0.2, -0.15) is 0 Å². The average molecular weight is 232 g/mol. The van der Waals surface area contributed by atoms with Crippen LogP contribution in [0.3, 0.4) is 0 Å². The Balaban J connectivity index is 2.75. The molecule has 0 aliphatic heterocycles. The summed E-state index contributed by atoms with van der Waals surface area (Å²) in [6.45, 7) is 1.47. The molecule has 1 aromatic rings. The zero-order chi connectivity index (χ0) is 12.3. The van der Waals surface area contributed by atoms with Gasteiger partial charge in [0.2, 0.25) is 0 Å². The Hall–Kier alpha value is -1.52. The van der Waals surface area contributed by atoms with E-state index in [1.165, 1.54) is 6.92 Å². The third-order valence-electron chi connectivity index (χ3n) is 2.38. The fourth-order valence-electron chi connectivity index (χ4n) is 1.25. The van der Waals surface area contributed by atoms with Crippen LogP contribution in [0.15, 0.2) is 12.1 Å². The molecule has 1 unspecified atom stereocenters. The van der Waals surface area contributed by atoms with Crippen molar-refractivity contribution in [1.82, 2.24) is 0 Å². The van der Waals surface area contributed by atoms with Gasteiger partial charge in [-0.05, 0) is 24.5 Å². The lowest BCUT2D eigenvalue weighted by Crippen LogP contribution is -2.11. The summed E-state index contributed by atoms with van der Waals surface area (Å²) < 4.78 is 38.5. The molecule has 0 aliphatic carbocycles. The molecule has 0 spiro atoms. The number of rotatable bonds is 4. The molecule has 2 nitrogen and oxygen atoms in total. The lowest BCUT2D eigenvalue weighted by molar-refractivity contribution is -0.141. The van der Waals surface area contributed by atoms with Crippen LogP contribution in [0.4, 0.5) is 13.2 Å². The smallest absolute Gasteiger partial charge is 0.306 e. The zero-order valence-corrected chi connectivity index (χ0v) is 8.64. The maximum atomic E-state index is 13.2. The molecule has 0 aliphatic rings. The Kier molecular flexibility index (Phi) is 3.93. The molecule has 0 aromatic heterocycles. The standard InChI is InChI=1S/C11H11F3O2/c1-6(11(15)16)2-3-7-4-5-8(12)10(14)9(7)13/h4-6H,2-3H2,1H3,(H,15,16). The number of hydrogen-bond acceptors (Lipinski definition) is 1. The molecule has 16 heavy (non-hydrogen) atoms. The topological polar surface area (TPSA) is 37.3 Å². The van der Waals surface area contributed by atoms with Crippen LogP contribution in [0.2, 0.25) is 0 Å². The van der Waals surface area contributed by atoms with Crippen molar-refractivity contribution in [2.45, 2.75) is 19.8 Å². The minimum Gasteiger partial charge on any atom is -0.481 e. The maximum absolute atomic E-state index is 13.2. The van der Waals surface area contributed by atoms with E-state index < -0.39 is 29.3 Å². The normalized spacial score (nSPS) is 12.5. The Bertz CT molecular complexity index is 404. The maximum Gasteiger partial charge on any atom is 0.306 e. The highest BCUT2D eigenvalue weighted by Gasteiger charge is 2.16. The van der Waals surface area contributed by atoms with E-state index >= 15 is 0 Å². The fraction of sp³-hybridized carbons (Fsp3) is 0.364. The molecule has 0 bridgehead atoms. The monoisotopic (exact) mass is 232 g/mol. The molecular formula is C11H11F3O2. The van der Waals surface area contributed by atoms with Crippen LogP contribution < -0.4 is 0 Å². The number of benzene rings is 1. The molecule has 1 atom stereocenters. The summed E-state index contributed by atoms with van der Waals surface area (Å²) in [4.78, 5) is 10.5. The highest BCUT2D eigenvalue weighted by molar-refractivity contribution is 5.69. The molecule has 1 aromatic carbocycles. The first kappa shape index (κ1) is 12.5. The minimum atomic E-state index is -1.51. The Labute approximate surface area is 90.7 Å². The van der Waals surface area contributed by atoms with Crippen molar-refractivity contribution in [3.05, 3.63) is 35.1 Å². The SMILES string of the molecule is CC(CCc1ccc(F)c(F)c1F)C(=O)O. The molecule has 1 rings (SSSR count). The number of carbonyl (C=O) groups is 1. The molecule has 0 heterocycles. The second-order valence-corrected chi connectivity index (χ2v) is 3.61. The van der Waals surface area contributed by atoms with Crippen LogP contribution in [0.1, 0.15) is 18.9 Å². The second-order valence-electron chi connectivity index (χ2n) is 3.61. The lowest BCUT2D eigenvalue weighted by Gasteiger charge is -2.07. The predicted molar refractivity (Wildman–Crippen MR) is 51.4 cm³/mol. The molecule has 0 fully saturated rings. The summed E-state index contributed by atoms with van der Waals surface area (Å²) in [7, 11) is 0. The van der Waals surface area contributed by atoms with Gasteiger partial charge in [-0.3, -0.25) is 4.79 Å². The van der Waals surface area contributed by atoms with E-state index in [9.17, 15) is 18.0 Å². The Morgan fingerprint density at radius 3 is 2.50 bits per heavy atom. The van der Waals surface area contributed by atoms with Crippen molar-refractivity contribution in [2.75, 3.05) is 0 Å². The van der Waals surface area contributed by atoms with Crippen LogP contribution >= 0.6 is 0 Å². The molecule has 5 heteroatoms. The zero-order valence-electron chi connectivity index (χ0n) is 8.64. The van der Waals surface area contributed by atoms with Crippen LogP contribution in [0, 0.1) is 23.4 Å². The summed E-state index contributed by atoms with van der Waals surface area (Å²) >= 11 is 0. The van der Waals surface area contributed by atoms with E-state index in [1.54, 1.807) is 0 Å². The van der Waals surface area contributed by atoms with Crippen LogP contribution in [0.25, 0.3) is 0 Å². The first-order valence-corrected chi connectivity index (χ1v) is 4.78. The first-order valence-electron chi connectivity index (χ1n) is 4.78. The van der Waals surface area contributed by atoms with Gasteiger partial charge in [-0.15, -0.1) is 0 Å². The first-order chi connectivity index (χ1) is 7.43. The average Bonchev–Trinajstić information content (AvgIpc) is 2.24. The molecule has 0 saturated carbocycles. The number of hydrogen-bond donors (Lipinski definition) is 1. The lowest BCUT2D eigenvalue weighted by atomic mass is 10.0. The van der Waals surface area contributed by atoms with Crippen molar-refractivity contribution >= 4 is 5.97 Å². The van der Waals surface area contributed by atoms with Crippen molar-refractivity contribution in [3.8, 4) is 0 Å². The molecule has 0 amide bonds. The number of aryl methyl sites for hydroxylation is 1. The van der Waals surface area contributed by atoms with Crippen LogP contribution in [-0.2, 0) is 11.2 Å². The largest absolute Gasteiger partial charge is 0.481 e. The predicted octanol–water partition coefficient (Wildman–Crippen LogP) is 2.76. The number of carboxylic acid groups (broad SMARTS) is 1. The van der Waals surface area contributed by atoms with E-state index in [0.717, 1.165) is 12.1 Å². The quantitative estimate of drug-likeness (QED) is 0.810. The van der Waals surface area contributed by atoms with Gasteiger partial charge in [0.15, 0.2) is 17.5 Å². The van der Waals surface area contributed by atoms with E-state index in [2.05, 4.69) is 0 Å². The van der Waals surface area contributed by atoms with Gasteiger partial charge in [0.25, 0.3) is 0 Å². The van der Waals surface area contributed by atoms with Gasteiger partial charge < -0.3 is 5.11 Å². The molecule has 0 saturated heterocycles. The summed E-state index contributed by atoms with van der Waals surface area (Å²) in [5.74, 6) is -5.64.